The first-order chi connectivity index (χ1) is 10.4. The summed E-state index contributed by atoms with van der Waals surface area (Å²) in [5.41, 5.74) is 5.60. The fraction of sp³-hybridized carbons (Fsp3) is 0.562. The molecule has 2 saturated carbocycles. The summed E-state index contributed by atoms with van der Waals surface area (Å²) in [7, 11) is -4.04. The molecule has 2 atom stereocenters. The minimum atomic E-state index is -4.04. The average Bonchev–Trinajstić information content (AvgIpc) is 2.72. The number of carbonyl (C=O) groups excluding carboxylic acids is 1. The van der Waals surface area contributed by atoms with Gasteiger partial charge in [-0.2, -0.15) is 8.42 Å². The van der Waals surface area contributed by atoms with E-state index >= 15 is 0 Å². The SMILES string of the molecule is NCC1(CC(=O)OS(=O)(=O)c2ccccc2)CC2CCC2C1. The van der Waals surface area contributed by atoms with E-state index < -0.39 is 16.1 Å². The molecule has 0 aromatic heterocycles. The van der Waals surface area contributed by atoms with Gasteiger partial charge in [0.05, 0.1) is 6.42 Å². The average molecular weight is 323 g/mol. The third kappa shape index (κ3) is 2.90. The van der Waals surface area contributed by atoms with Crippen molar-refractivity contribution in [3.8, 4) is 0 Å². The first kappa shape index (κ1) is 15.5. The molecule has 1 aromatic rings. The molecule has 0 amide bonds. The zero-order chi connectivity index (χ0) is 15.8. The smallest absolute Gasteiger partial charge is 0.341 e. The van der Waals surface area contributed by atoms with Crippen LogP contribution in [0.25, 0.3) is 0 Å². The van der Waals surface area contributed by atoms with Crippen LogP contribution in [0, 0.1) is 17.3 Å². The van der Waals surface area contributed by atoms with Gasteiger partial charge in [-0.1, -0.05) is 18.2 Å². The maximum Gasteiger partial charge on any atom is 0.341 e. The Hall–Kier alpha value is -1.40. The molecule has 2 fully saturated rings. The van der Waals surface area contributed by atoms with Crippen molar-refractivity contribution in [2.24, 2.45) is 23.0 Å². The Labute approximate surface area is 131 Å². The second kappa shape index (κ2) is 5.66. The Morgan fingerprint density at radius 2 is 1.77 bits per heavy atom. The lowest BCUT2D eigenvalue weighted by Crippen LogP contribution is -2.32. The minimum Gasteiger partial charge on any atom is -0.342 e. The van der Waals surface area contributed by atoms with Crippen molar-refractivity contribution < 1.29 is 17.4 Å². The number of nitrogens with two attached hydrogens (primary N) is 1. The van der Waals surface area contributed by atoms with E-state index in [9.17, 15) is 13.2 Å². The van der Waals surface area contributed by atoms with Gasteiger partial charge < -0.3 is 9.92 Å². The third-order valence-electron chi connectivity index (χ3n) is 5.15. The van der Waals surface area contributed by atoms with Crippen LogP contribution in [-0.4, -0.2) is 20.9 Å². The van der Waals surface area contributed by atoms with E-state index in [0.29, 0.717) is 18.4 Å². The molecule has 2 aliphatic rings. The molecular formula is C16H21NO4S. The largest absolute Gasteiger partial charge is 0.342 e. The molecule has 3 rings (SSSR count). The Kier molecular flexibility index (Phi) is 3.99. The van der Waals surface area contributed by atoms with Crippen LogP contribution in [-0.2, 0) is 19.1 Å². The lowest BCUT2D eigenvalue weighted by Gasteiger charge is -2.29. The molecule has 0 bridgehead atoms. The fourth-order valence-corrected chi connectivity index (χ4v) is 4.74. The highest BCUT2D eigenvalue weighted by atomic mass is 32.2. The number of benzene rings is 1. The molecule has 2 unspecified atom stereocenters. The normalized spacial score (nSPS) is 30.4. The molecule has 2 N–H and O–H groups in total. The highest BCUT2D eigenvalue weighted by Gasteiger charge is 2.49. The van der Waals surface area contributed by atoms with Crippen LogP contribution in [0.5, 0.6) is 0 Å². The van der Waals surface area contributed by atoms with Crippen LogP contribution in [0.4, 0.5) is 0 Å². The first-order valence-corrected chi connectivity index (χ1v) is 9.07. The van der Waals surface area contributed by atoms with Crippen LogP contribution >= 0.6 is 0 Å². The summed E-state index contributed by atoms with van der Waals surface area (Å²) < 4.78 is 28.9. The van der Waals surface area contributed by atoms with Crippen molar-refractivity contribution in [2.45, 2.75) is 37.0 Å². The van der Waals surface area contributed by atoms with Gasteiger partial charge in [0.1, 0.15) is 4.90 Å². The summed E-state index contributed by atoms with van der Waals surface area (Å²) in [6.07, 6.45) is 4.30. The summed E-state index contributed by atoms with van der Waals surface area (Å²) in [6, 6.07) is 7.72. The lowest BCUT2D eigenvalue weighted by atomic mass is 9.77. The van der Waals surface area contributed by atoms with Crippen molar-refractivity contribution >= 4 is 16.1 Å². The van der Waals surface area contributed by atoms with E-state index in [-0.39, 0.29) is 16.7 Å². The second-order valence-electron chi connectivity index (χ2n) is 6.61. The van der Waals surface area contributed by atoms with Gasteiger partial charge in [-0.05, 0) is 61.6 Å². The lowest BCUT2D eigenvalue weighted by molar-refractivity contribution is -0.136. The predicted molar refractivity (Wildman–Crippen MR) is 81.3 cm³/mol. The maximum atomic E-state index is 12.1. The van der Waals surface area contributed by atoms with Gasteiger partial charge in [0.15, 0.2) is 0 Å². The van der Waals surface area contributed by atoms with E-state index in [1.165, 1.54) is 25.0 Å². The first-order valence-electron chi connectivity index (χ1n) is 7.67. The summed E-state index contributed by atoms with van der Waals surface area (Å²) in [5.74, 6) is 0.611. The number of carbonyl (C=O) groups is 1. The Bertz CT molecular complexity index is 644. The highest BCUT2D eigenvalue weighted by molar-refractivity contribution is 7.87. The molecule has 0 spiro atoms. The molecule has 6 heteroatoms. The van der Waals surface area contributed by atoms with Gasteiger partial charge in [0.2, 0.25) is 0 Å². The highest BCUT2D eigenvalue weighted by Crippen LogP contribution is 2.56. The summed E-state index contributed by atoms with van der Waals surface area (Å²) >= 11 is 0. The molecule has 5 nitrogen and oxygen atoms in total. The molecule has 0 aliphatic heterocycles. The molecule has 0 saturated heterocycles. The van der Waals surface area contributed by atoms with E-state index in [4.69, 9.17) is 9.92 Å². The quantitative estimate of drug-likeness (QED) is 0.838. The van der Waals surface area contributed by atoms with E-state index in [2.05, 4.69) is 0 Å². The monoisotopic (exact) mass is 323 g/mol. The van der Waals surface area contributed by atoms with Gasteiger partial charge >= 0.3 is 16.1 Å². The van der Waals surface area contributed by atoms with E-state index in [1.54, 1.807) is 18.2 Å². The Balaban J connectivity index is 1.67. The van der Waals surface area contributed by atoms with Gasteiger partial charge in [-0.15, -0.1) is 0 Å². The number of hydrogen-bond acceptors (Lipinski definition) is 5. The molecule has 0 radical (unpaired) electrons. The predicted octanol–water partition coefficient (Wildman–Crippen LogP) is 2.07. The fourth-order valence-electron chi connectivity index (χ4n) is 3.85. The van der Waals surface area contributed by atoms with Crippen LogP contribution < -0.4 is 5.73 Å². The topological polar surface area (TPSA) is 86.5 Å². The van der Waals surface area contributed by atoms with Crippen molar-refractivity contribution in [2.75, 3.05) is 6.54 Å². The Morgan fingerprint density at radius 1 is 1.18 bits per heavy atom. The van der Waals surface area contributed by atoms with Crippen molar-refractivity contribution in [1.82, 2.24) is 0 Å². The van der Waals surface area contributed by atoms with Crippen molar-refractivity contribution in [1.29, 1.82) is 0 Å². The maximum absolute atomic E-state index is 12.1. The molecule has 120 valence electrons. The van der Waals surface area contributed by atoms with Gasteiger partial charge in [0, 0.05) is 0 Å². The van der Waals surface area contributed by atoms with E-state index in [0.717, 1.165) is 12.8 Å². The molecule has 0 heterocycles. The molecule has 22 heavy (non-hydrogen) atoms. The van der Waals surface area contributed by atoms with Crippen LogP contribution in [0.1, 0.15) is 32.1 Å². The van der Waals surface area contributed by atoms with Crippen molar-refractivity contribution in [3.63, 3.8) is 0 Å². The van der Waals surface area contributed by atoms with Crippen molar-refractivity contribution in [3.05, 3.63) is 30.3 Å². The zero-order valence-corrected chi connectivity index (χ0v) is 13.2. The molecule has 2 aliphatic carbocycles. The Morgan fingerprint density at radius 3 is 2.27 bits per heavy atom. The standard InChI is InChI=1S/C16H21NO4S/c17-11-16(8-12-6-7-13(12)9-16)10-15(18)21-22(19,20)14-4-2-1-3-5-14/h1-5,12-13H,6-11,17H2. The zero-order valence-electron chi connectivity index (χ0n) is 12.4. The van der Waals surface area contributed by atoms with Gasteiger partial charge in [-0.3, -0.25) is 4.79 Å². The van der Waals surface area contributed by atoms with Crippen LogP contribution in [0.15, 0.2) is 35.2 Å². The van der Waals surface area contributed by atoms with Gasteiger partial charge in [-0.25, -0.2) is 0 Å². The summed E-state index contributed by atoms with van der Waals surface area (Å²) in [4.78, 5) is 12.1. The number of hydrogen-bond donors (Lipinski definition) is 1. The number of rotatable bonds is 5. The molecule has 1 aromatic carbocycles. The van der Waals surface area contributed by atoms with Gasteiger partial charge in [0.25, 0.3) is 0 Å². The van der Waals surface area contributed by atoms with E-state index in [1.807, 2.05) is 0 Å². The second-order valence-corrected chi connectivity index (χ2v) is 8.16. The molecular weight excluding hydrogens is 302 g/mol. The van der Waals surface area contributed by atoms with Crippen LogP contribution in [0.3, 0.4) is 0 Å². The van der Waals surface area contributed by atoms with Crippen LogP contribution in [0.2, 0.25) is 0 Å². The minimum absolute atomic E-state index is 0.00311. The third-order valence-corrected chi connectivity index (χ3v) is 6.41. The summed E-state index contributed by atoms with van der Waals surface area (Å²) in [5, 5.41) is 0. The number of fused-ring (bicyclic) bond motifs is 1. The summed E-state index contributed by atoms with van der Waals surface area (Å²) in [6.45, 7) is 0.403.